The molecule has 17 heavy (non-hydrogen) atoms. The van der Waals surface area contributed by atoms with Gasteiger partial charge in [-0.25, -0.2) is 4.39 Å². The van der Waals surface area contributed by atoms with Crippen LogP contribution < -0.4 is 4.74 Å². The highest BCUT2D eigenvalue weighted by molar-refractivity contribution is 7.11. The van der Waals surface area contributed by atoms with Crippen LogP contribution in [0.3, 0.4) is 0 Å². The van der Waals surface area contributed by atoms with Crippen molar-refractivity contribution in [2.24, 2.45) is 0 Å². The zero-order chi connectivity index (χ0) is 12.5. The lowest BCUT2D eigenvalue weighted by molar-refractivity contribution is -0.140. The third kappa shape index (κ3) is 2.94. The molecule has 0 spiro atoms. The molecule has 1 aromatic carbocycles. The van der Waals surface area contributed by atoms with Crippen LogP contribution in [0.5, 0.6) is 10.9 Å². The van der Waals surface area contributed by atoms with Crippen LogP contribution in [0.25, 0.3) is 0 Å². The van der Waals surface area contributed by atoms with E-state index in [1.807, 2.05) is 0 Å². The molecule has 0 unspecified atom stereocenters. The van der Waals surface area contributed by atoms with E-state index in [0.717, 1.165) is 11.4 Å². The minimum absolute atomic E-state index is 0.105. The molecular formula is C10H5F4NOS. The molecule has 0 aliphatic rings. The van der Waals surface area contributed by atoms with Crippen molar-refractivity contribution in [2.75, 3.05) is 0 Å². The van der Waals surface area contributed by atoms with E-state index in [4.69, 9.17) is 4.74 Å². The third-order valence-electron chi connectivity index (χ3n) is 1.77. The maximum Gasteiger partial charge on any atom is 0.434 e. The van der Waals surface area contributed by atoms with Gasteiger partial charge in [-0.3, -0.25) is 0 Å². The molecule has 2 aromatic rings. The first-order valence-electron chi connectivity index (χ1n) is 4.41. The number of benzene rings is 1. The Hall–Kier alpha value is -1.63. The van der Waals surface area contributed by atoms with E-state index in [-0.39, 0.29) is 10.9 Å². The number of hydrogen-bond acceptors (Lipinski definition) is 3. The third-order valence-corrected chi connectivity index (χ3v) is 2.49. The second-order valence-corrected chi connectivity index (χ2v) is 3.88. The summed E-state index contributed by atoms with van der Waals surface area (Å²) >= 11 is 0.701. The van der Waals surface area contributed by atoms with E-state index in [1.165, 1.54) is 18.2 Å². The molecule has 0 bridgehead atoms. The molecule has 1 heterocycles. The second kappa shape index (κ2) is 4.33. The molecular weight excluding hydrogens is 258 g/mol. The van der Waals surface area contributed by atoms with Crippen molar-refractivity contribution in [3.8, 4) is 10.9 Å². The van der Waals surface area contributed by atoms with Gasteiger partial charge in [0, 0.05) is 11.4 Å². The summed E-state index contributed by atoms with van der Waals surface area (Å²) in [6.07, 6.45) is -4.50. The normalized spacial score (nSPS) is 11.5. The fourth-order valence-electron chi connectivity index (χ4n) is 1.07. The maximum absolute atomic E-state index is 12.8. The Kier molecular flexibility index (Phi) is 3.01. The van der Waals surface area contributed by atoms with E-state index < -0.39 is 17.7 Å². The number of aromatic nitrogens is 1. The van der Waals surface area contributed by atoms with E-state index in [1.54, 1.807) is 0 Å². The molecule has 0 aliphatic carbocycles. The van der Waals surface area contributed by atoms with Crippen LogP contribution >= 0.6 is 11.3 Å². The number of alkyl halides is 3. The molecule has 0 fully saturated rings. The van der Waals surface area contributed by atoms with Crippen LogP contribution in [0.4, 0.5) is 17.6 Å². The zero-order valence-electron chi connectivity index (χ0n) is 8.16. The van der Waals surface area contributed by atoms with Gasteiger partial charge >= 0.3 is 6.18 Å². The smallest absolute Gasteiger partial charge is 0.431 e. The lowest BCUT2D eigenvalue weighted by atomic mass is 10.3. The van der Waals surface area contributed by atoms with Gasteiger partial charge < -0.3 is 4.74 Å². The highest BCUT2D eigenvalue weighted by Crippen LogP contribution is 2.34. The van der Waals surface area contributed by atoms with E-state index in [9.17, 15) is 17.6 Å². The average molecular weight is 263 g/mol. The van der Waals surface area contributed by atoms with Gasteiger partial charge in [0.25, 0.3) is 5.19 Å². The molecule has 0 N–H and O–H groups in total. The van der Waals surface area contributed by atoms with Crippen molar-refractivity contribution < 1.29 is 22.3 Å². The second-order valence-electron chi connectivity index (χ2n) is 3.06. The fourth-order valence-corrected chi connectivity index (χ4v) is 1.76. The number of ether oxygens (including phenoxy) is 1. The predicted molar refractivity (Wildman–Crippen MR) is 53.6 cm³/mol. The Labute approximate surface area is 97.5 Å². The van der Waals surface area contributed by atoms with Crippen LogP contribution in [0, 0.1) is 5.82 Å². The van der Waals surface area contributed by atoms with Gasteiger partial charge in [0.15, 0.2) is 5.69 Å². The van der Waals surface area contributed by atoms with Gasteiger partial charge in [-0.2, -0.15) is 18.2 Å². The maximum atomic E-state index is 12.8. The van der Waals surface area contributed by atoms with Crippen LogP contribution in [0.2, 0.25) is 0 Å². The highest BCUT2D eigenvalue weighted by atomic mass is 32.1. The van der Waals surface area contributed by atoms with E-state index in [0.29, 0.717) is 11.3 Å². The Balaban J connectivity index is 2.17. The predicted octanol–water partition coefficient (Wildman–Crippen LogP) is 4.09. The molecule has 0 atom stereocenters. The van der Waals surface area contributed by atoms with Crippen molar-refractivity contribution in [3.63, 3.8) is 0 Å². The molecule has 0 amide bonds. The fraction of sp³-hybridized carbons (Fsp3) is 0.100. The number of nitrogens with zero attached hydrogens (tertiary/aromatic N) is 1. The topological polar surface area (TPSA) is 22.1 Å². The molecule has 2 rings (SSSR count). The Morgan fingerprint density at radius 1 is 1.24 bits per heavy atom. The molecule has 0 saturated heterocycles. The molecule has 2 nitrogen and oxygen atoms in total. The van der Waals surface area contributed by atoms with Crippen LogP contribution in [0.15, 0.2) is 29.6 Å². The Morgan fingerprint density at radius 3 is 2.59 bits per heavy atom. The van der Waals surface area contributed by atoms with Gasteiger partial charge in [0.05, 0.1) is 0 Å². The van der Waals surface area contributed by atoms with Gasteiger partial charge in [-0.1, -0.05) is 17.4 Å². The first-order chi connectivity index (χ1) is 7.95. The van der Waals surface area contributed by atoms with Gasteiger partial charge in [0.1, 0.15) is 11.6 Å². The SMILES string of the molecule is Fc1cccc(Oc2nc(C(F)(F)F)cs2)c1. The molecule has 0 radical (unpaired) electrons. The van der Waals surface area contributed by atoms with Crippen molar-refractivity contribution >= 4 is 11.3 Å². The average Bonchev–Trinajstić information content (AvgIpc) is 2.65. The summed E-state index contributed by atoms with van der Waals surface area (Å²) in [6.45, 7) is 0. The standard InChI is InChI=1S/C10H5F4NOS/c11-6-2-1-3-7(4-6)16-9-15-8(5-17-9)10(12,13)14/h1-5H. The quantitative estimate of drug-likeness (QED) is 0.761. The summed E-state index contributed by atoms with van der Waals surface area (Å²) in [5.41, 5.74) is -1.02. The largest absolute Gasteiger partial charge is 0.434 e. The van der Waals surface area contributed by atoms with Gasteiger partial charge in [-0.05, 0) is 12.1 Å². The minimum Gasteiger partial charge on any atom is -0.431 e. The van der Waals surface area contributed by atoms with Crippen molar-refractivity contribution in [3.05, 3.63) is 41.2 Å². The van der Waals surface area contributed by atoms with E-state index in [2.05, 4.69) is 4.98 Å². The first-order valence-corrected chi connectivity index (χ1v) is 5.29. The summed E-state index contributed by atoms with van der Waals surface area (Å²) in [5.74, 6) is -0.428. The summed E-state index contributed by atoms with van der Waals surface area (Å²) in [5, 5.41) is 0.664. The first kappa shape index (κ1) is 11.8. The summed E-state index contributed by atoms with van der Waals surface area (Å²) < 4.78 is 54.5. The number of hydrogen-bond donors (Lipinski definition) is 0. The number of rotatable bonds is 2. The molecule has 90 valence electrons. The minimum atomic E-state index is -4.50. The monoisotopic (exact) mass is 263 g/mol. The Morgan fingerprint density at radius 2 is 2.00 bits per heavy atom. The zero-order valence-corrected chi connectivity index (χ0v) is 8.98. The lowest BCUT2D eigenvalue weighted by Crippen LogP contribution is -2.04. The van der Waals surface area contributed by atoms with Gasteiger partial charge in [0.2, 0.25) is 0 Å². The van der Waals surface area contributed by atoms with Crippen LogP contribution in [0.1, 0.15) is 5.69 Å². The molecule has 0 saturated carbocycles. The van der Waals surface area contributed by atoms with Crippen molar-refractivity contribution in [1.82, 2.24) is 4.98 Å². The van der Waals surface area contributed by atoms with Crippen LogP contribution in [-0.2, 0) is 6.18 Å². The lowest BCUT2D eigenvalue weighted by Gasteiger charge is -2.02. The van der Waals surface area contributed by atoms with Gasteiger partial charge in [-0.15, -0.1) is 0 Å². The van der Waals surface area contributed by atoms with Crippen molar-refractivity contribution in [2.45, 2.75) is 6.18 Å². The highest BCUT2D eigenvalue weighted by Gasteiger charge is 2.34. The molecule has 7 heteroatoms. The molecule has 1 aromatic heterocycles. The Bertz CT molecular complexity index is 523. The number of thiazole rings is 1. The molecule has 0 aliphatic heterocycles. The number of halogens is 4. The summed E-state index contributed by atoms with van der Waals surface area (Å²) in [4.78, 5) is 3.26. The van der Waals surface area contributed by atoms with E-state index >= 15 is 0 Å². The van der Waals surface area contributed by atoms with Crippen LogP contribution in [-0.4, -0.2) is 4.98 Å². The summed E-state index contributed by atoms with van der Waals surface area (Å²) in [6, 6.07) is 5.09. The van der Waals surface area contributed by atoms with Crippen molar-refractivity contribution in [1.29, 1.82) is 0 Å². The summed E-state index contributed by atoms with van der Waals surface area (Å²) in [7, 11) is 0.